The average molecular weight is 501 g/mol. The summed E-state index contributed by atoms with van der Waals surface area (Å²) in [5.41, 5.74) is 1.69. The summed E-state index contributed by atoms with van der Waals surface area (Å²) < 4.78 is 38.5. The number of sulfonamides is 1. The topological polar surface area (TPSA) is 102 Å². The molecule has 0 saturated heterocycles. The number of aryl methyl sites for hydroxylation is 1. The van der Waals surface area contributed by atoms with E-state index in [4.69, 9.17) is 9.47 Å². The molecule has 178 valence electrons. The first-order valence-electron chi connectivity index (χ1n) is 10.6. The Hall–Kier alpha value is -3.21. The van der Waals surface area contributed by atoms with Gasteiger partial charge in [0.15, 0.2) is 0 Å². The zero-order valence-corrected chi connectivity index (χ0v) is 20.6. The van der Waals surface area contributed by atoms with Gasteiger partial charge in [0.25, 0.3) is 15.9 Å². The highest BCUT2D eigenvalue weighted by Crippen LogP contribution is 2.38. The number of fused-ring (bicyclic) bond motifs is 1. The molecule has 34 heavy (non-hydrogen) atoms. The number of methoxy groups -OCH3 is 1. The molecule has 3 aromatic rings. The molecule has 1 aliphatic rings. The monoisotopic (exact) mass is 500 g/mol. The maximum absolute atomic E-state index is 13.3. The maximum atomic E-state index is 13.3. The Morgan fingerprint density at radius 1 is 1.15 bits per heavy atom. The standard InChI is InChI=1S/C24H24N2O6S2/c1-4-32-24(28)21-15(2)18-14-17(10-11-19(18)33-21)25-20-22(16-8-6-5-7-9-16)34(29,30)26(23(20)27)12-13-31-3/h5-11,14,25H,4,12-13H2,1-3H3. The van der Waals surface area contributed by atoms with Gasteiger partial charge in [-0.1, -0.05) is 30.3 Å². The number of amides is 1. The van der Waals surface area contributed by atoms with Crippen LogP contribution in [0.4, 0.5) is 5.69 Å². The van der Waals surface area contributed by atoms with Gasteiger partial charge in [0, 0.05) is 17.5 Å². The number of hydrogen-bond donors (Lipinski definition) is 1. The van der Waals surface area contributed by atoms with Crippen molar-refractivity contribution in [2.24, 2.45) is 0 Å². The summed E-state index contributed by atoms with van der Waals surface area (Å²) in [6.45, 7) is 3.86. The van der Waals surface area contributed by atoms with E-state index in [9.17, 15) is 18.0 Å². The minimum absolute atomic E-state index is 0.0276. The van der Waals surface area contributed by atoms with E-state index in [2.05, 4.69) is 5.32 Å². The van der Waals surface area contributed by atoms with Crippen molar-refractivity contribution in [2.75, 3.05) is 32.2 Å². The number of rotatable bonds is 8. The lowest BCUT2D eigenvalue weighted by atomic mass is 10.1. The quantitative estimate of drug-likeness (QED) is 0.467. The van der Waals surface area contributed by atoms with Crippen molar-refractivity contribution < 1.29 is 27.5 Å². The Balaban J connectivity index is 1.79. The van der Waals surface area contributed by atoms with Crippen LogP contribution in [0, 0.1) is 6.92 Å². The van der Waals surface area contributed by atoms with Gasteiger partial charge < -0.3 is 14.8 Å². The van der Waals surface area contributed by atoms with Crippen LogP contribution in [0.2, 0.25) is 0 Å². The summed E-state index contributed by atoms with van der Waals surface area (Å²) in [7, 11) is -2.63. The number of thiophene rings is 1. The third-order valence-electron chi connectivity index (χ3n) is 5.42. The van der Waals surface area contributed by atoms with Gasteiger partial charge in [-0.3, -0.25) is 4.79 Å². The molecule has 1 aliphatic heterocycles. The Kier molecular flexibility index (Phi) is 6.74. The molecular formula is C24H24N2O6S2. The molecule has 0 aliphatic carbocycles. The first-order valence-corrected chi connectivity index (χ1v) is 12.9. The summed E-state index contributed by atoms with van der Waals surface area (Å²) in [5.74, 6) is -1.03. The summed E-state index contributed by atoms with van der Waals surface area (Å²) in [6, 6.07) is 13.9. The van der Waals surface area contributed by atoms with Crippen molar-refractivity contribution in [3.05, 3.63) is 70.2 Å². The summed E-state index contributed by atoms with van der Waals surface area (Å²) in [5, 5.41) is 3.86. The van der Waals surface area contributed by atoms with Crippen LogP contribution in [-0.4, -0.2) is 51.5 Å². The van der Waals surface area contributed by atoms with Crippen molar-refractivity contribution >= 4 is 53.9 Å². The number of hydrogen-bond acceptors (Lipinski definition) is 8. The van der Waals surface area contributed by atoms with E-state index in [0.29, 0.717) is 16.1 Å². The van der Waals surface area contributed by atoms with E-state index in [0.717, 1.165) is 20.0 Å². The number of nitrogens with one attached hydrogen (secondary N) is 1. The van der Waals surface area contributed by atoms with Crippen LogP contribution in [0.25, 0.3) is 15.0 Å². The molecule has 0 spiro atoms. The molecule has 1 N–H and O–H groups in total. The molecule has 1 aromatic heterocycles. The van der Waals surface area contributed by atoms with E-state index in [1.54, 1.807) is 49.4 Å². The fourth-order valence-electron chi connectivity index (χ4n) is 3.79. The number of esters is 1. The van der Waals surface area contributed by atoms with E-state index >= 15 is 0 Å². The van der Waals surface area contributed by atoms with Gasteiger partial charge >= 0.3 is 5.97 Å². The maximum Gasteiger partial charge on any atom is 0.348 e. The molecule has 4 rings (SSSR count). The van der Waals surface area contributed by atoms with Crippen LogP contribution in [0.1, 0.15) is 27.7 Å². The first-order chi connectivity index (χ1) is 16.3. The molecule has 2 aromatic carbocycles. The molecule has 0 saturated carbocycles. The molecule has 0 unspecified atom stereocenters. The van der Waals surface area contributed by atoms with Crippen molar-refractivity contribution in [3.63, 3.8) is 0 Å². The highest BCUT2D eigenvalue weighted by Gasteiger charge is 2.44. The van der Waals surface area contributed by atoms with Gasteiger partial charge in [0.1, 0.15) is 15.5 Å². The summed E-state index contributed by atoms with van der Waals surface area (Å²) in [4.78, 5) is 25.9. The van der Waals surface area contributed by atoms with Gasteiger partial charge in [-0.25, -0.2) is 17.5 Å². The number of benzene rings is 2. The van der Waals surface area contributed by atoms with Crippen molar-refractivity contribution in [2.45, 2.75) is 13.8 Å². The largest absolute Gasteiger partial charge is 0.462 e. The lowest BCUT2D eigenvalue weighted by Crippen LogP contribution is -2.35. The molecule has 10 heteroatoms. The fraction of sp³-hybridized carbons (Fsp3) is 0.250. The molecule has 2 heterocycles. The van der Waals surface area contributed by atoms with Crippen LogP contribution in [0.5, 0.6) is 0 Å². The predicted octanol–water partition coefficient (Wildman–Crippen LogP) is 3.99. The van der Waals surface area contributed by atoms with Gasteiger partial charge in [-0.15, -0.1) is 11.3 Å². The highest BCUT2D eigenvalue weighted by molar-refractivity contribution is 7.99. The zero-order chi connectivity index (χ0) is 24.5. The lowest BCUT2D eigenvalue weighted by Gasteiger charge is -2.15. The normalized spacial score (nSPS) is 15.3. The molecule has 8 nitrogen and oxygen atoms in total. The van der Waals surface area contributed by atoms with E-state index in [1.807, 2.05) is 13.0 Å². The Bertz CT molecular complexity index is 1390. The Labute approximate surface area is 201 Å². The number of ether oxygens (including phenoxy) is 2. The van der Waals surface area contributed by atoms with Crippen LogP contribution in [0.15, 0.2) is 54.2 Å². The zero-order valence-electron chi connectivity index (χ0n) is 19.0. The van der Waals surface area contributed by atoms with E-state index < -0.39 is 15.9 Å². The fourth-order valence-corrected chi connectivity index (χ4v) is 6.55. The molecule has 0 atom stereocenters. The number of anilines is 1. The molecular weight excluding hydrogens is 476 g/mol. The van der Waals surface area contributed by atoms with Crippen molar-refractivity contribution in [1.82, 2.24) is 4.31 Å². The van der Waals surface area contributed by atoms with Crippen molar-refractivity contribution in [1.29, 1.82) is 0 Å². The molecule has 0 bridgehead atoms. The second kappa shape index (κ2) is 9.57. The Morgan fingerprint density at radius 2 is 1.88 bits per heavy atom. The minimum Gasteiger partial charge on any atom is -0.462 e. The van der Waals surface area contributed by atoms with Crippen LogP contribution in [-0.2, 0) is 24.3 Å². The van der Waals surface area contributed by atoms with Crippen LogP contribution in [0.3, 0.4) is 0 Å². The Morgan fingerprint density at radius 3 is 2.56 bits per heavy atom. The third-order valence-corrected chi connectivity index (χ3v) is 8.55. The van der Waals surface area contributed by atoms with Gasteiger partial charge in [0.2, 0.25) is 0 Å². The summed E-state index contributed by atoms with van der Waals surface area (Å²) >= 11 is 1.33. The highest BCUT2D eigenvalue weighted by atomic mass is 32.2. The minimum atomic E-state index is -4.07. The van der Waals surface area contributed by atoms with E-state index in [-0.39, 0.29) is 36.3 Å². The predicted molar refractivity (Wildman–Crippen MR) is 132 cm³/mol. The number of carbonyl (C=O) groups excluding carboxylic acids is 2. The molecule has 0 fully saturated rings. The molecule has 0 radical (unpaired) electrons. The average Bonchev–Trinajstić information content (AvgIpc) is 3.24. The van der Waals surface area contributed by atoms with Crippen molar-refractivity contribution in [3.8, 4) is 0 Å². The summed E-state index contributed by atoms with van der Waals surface area (Å²) in [6.07, 6.45) is 0. The van der Waals surface area contributed by atoms with Gasteiger partial charge in [-0.05, 0) is 48.6 Å². The third kappa shape index (κ3) is 4.20. The smallest absolute Gasteiger partial charge is 0.348 e. The SMILES string of the molecule is CCOC(=O)c1sc2ccc(NC3=C(c4ccccc4)S(=O)(=O)N(CCOC)C3=O)cc2c1C. The number of nitrogens with zero attached hydrogens (tertiary/aromatic N) is 1. The van der Waals surface area contributed by atoms with E-state index in [1.165, 1.54) is 18.4 Å². The van der Waals surface area contributed by atoms with Crippen LogP contribution < -0.4 is 5.32 Å². The number of carbonyl (C=O) groups is 2. The lowest BCUT2D eigenvalue weighted by molar-refractivity contribution is -0.122. The molecule has 1 amide bonds. The van der Waals surface area contributed by atoms with Crippen LogP contribution >= 0.6 is 11.3 Å². The van der Waals surface area contributed by atoms with Gasteiger partial charge in [0.05, 0.1) is 19.8 Å². The first kappa shape index (κ1) is 23.9. The van der Waals surface area contributed by atoms with Gasteiger partial charge in [-0.2, -0.15) is 0 Å². The second-order valence-electron chi connectivity index (χ2n) is 7.56. The second-order valence-corrected chi connectivity index (χ2v) is 10.4.